The molecule has 0 aliphatic carbocycles. The van der Waals surface area contributed by atoms with E-state index in [0.29, 0.717) is 30.6 Å². The van der Waals surface area contributed by atoms with E-state index in [2.05, 4.69) is 12.2 Å². The number of carbonyl (C=O) groups excluding carboxylic acids is 1. The number of carbonyl (C=O) groups is 1. The topological polar surface area (TPSA) is 41.6 Å². The molecule has 1 amide bonds. The summed E-state index contributed by atoms with van der Waals surface area (Å²) in [5.74, 6) is -0.00673. The highest BCUT2D eigenvalue weighted by atomic mass is 19.1. The lowest BCUT2D eigenvalue weighted by molar-refractivity contribution is 0.0631. The monoisotopic (exact) mass is 294 g/mol. The van der Waals surface area contributed by atoms with Crippen LogP contribution in [0.3, 0.4) is 0 Å². The third-order valence-corrected chi connectivity index (χ3v) is 4.32. The van der Waals surface area contributed by atoms with Gasteiger partial charge in [-0.25, -0.2) is 4.39 Å². The van der Waals surface area contributed by atoms with Crippen LogP contribution >= 0.6 is 0 Å². The number of benzene rings is 1. The Bertz CT molecular complexity index is 507. The van der Waals surface area contributed by atoms with Gasteiger partial charge in [0.2, 0.25) is 0 Å². The molecule has 1 fully saturated rings. The van der Waals surface area contributed by atoms with Crippen molar-refractivity contribution in [3.8, 4) is 5.75 Å². The van der Waals surface area contributed by atoms with Crippen LogP contribution in [-0.4, -0.2) is 44.1 Å². The summed E-state index contributed by atoms with van der Waals surface area (Å²) in [6.07, 6.45) is 1.95. The fraction of sp³-hybridized carbons (Fsp3) is 0.562. The number of nitrogens with zero attached hydrogens (tertiary/aromatic N) is 1. The first-order valence-electron chi connectivity index (χ1n) is 7.40. The summed E-state index contributed by atoms with van der Waals surface area (Å²) in [5, 5.41) is 3.31. The molecule has 2 atom stereocenters. The quantitative estimate of drug-likeness (QED) is 0.926. The van der Waals surface area contributed by atoms with Gasteiger partial charge in [0.15, 0.2) is 11.6 Å². The zero-order chi connectivity index (χ0) is 15.4. The zero-order valence-corrected chi connectivity index (χ0v) is 12.9. The molecule has 2 rings (SSSR count). The fourth-order valence-corrected chi connectivity index (χ4v) is 2.99. The van der Waals surface area contributed by atoms with Crippen molar-refractivity contribution in [1.82, 2.24) is 10.2 Å². The smallest absolute Gasteiger partial charge is 0.253 e. The number of nitrogens with one attached hydrogen (secondary N) is 1. The molecule has 1 heterocycles. The van der Waals surface area contributed by atoms with Crippen LogP contribution in [-0.2, 0) is 0 Å². The molecule has 1 aliphatic heterocycles. The first kappa shape index (κ1) is 15.8. The molecule has 0 saturated carbocycles. The fourth-order valence-electron chi connectivity index (χ4n) is 2.99. The SMILES string of the molecule is CCC1CN(C(=O)c2ccc(OC)c(F)c2)CCC1NC. The second-order valence-electron chi connectivity index (χ2n) is 5.45. The largest absolute Gasteiger partial charge is 0.494 e. The van der Waals surface area contributed by atoms with Gasteiger partial charge >= 0.3 is 0 Å². The summed E-state index contributed by atoms with van der Waals surface area (Å²) < 4.78 is 18.6. The summed E-state index contributed by atoms with van der Waals surface area (Å²) >= 11 is 0. The van der Waals surface area contributed by atoms with Crippen molar-refractivity contribution < 1.29 is 13.9 Å². The third-order valence-electron chi connectivity index (χ3n) is 4.32. The molecule has 1 aliphatic rings. The molecule has 1 aromatic rings. The molecule has 4 nitrogen and oxygen atoms in total. The van der Waals surface area contributed by atoms with Gasteiger partial charge in [0.1, 0.15) is 0 Å². The van der Waals surface area contributed by atoms with E-state index >= 15 is 0 Å². The number of amides is 1. The number of methoxy groups -OCH3 is 1. The van der Waals surface area contributed by atoms with Crippen LogP contribution < -0.4 is 10.1 Å². The first-order chi connectivity index (χ1) is 10.1. The number of piperidine rings is 1. The maximum Gasteiger partial charge on any atom is 0.253 e. The minimum absolute atomic E-state index is 0.107. The van der Waals surface area contributed by atoms with Gasteiger partial charge in [-0.15, -0.1) is 0 Å². The minimum Gasteiger partial charge on any atom is -0.494 e. The van der Waals surface area contributed by atoms with Crippen LogP contribution in [0.1, 0.15) is 30.1 Å². The van der Waals surface area contributed by atoms with Crippen molar-refractivity contribution in [2.45, 2.75) is 25.8 Å². The lowest BCUT2D eigenvalue weighted by atomic mass is 9.89. The molecule has 1 aromatic carbocycles. The predicted octanol–water partition coefficient (Wildman–Crippen LogP) is 2.29. The van der Waals surface area contributed by atoms with E-state index in [0.717, 1.165) is 12.8 Å². The standard InChI is InChI=1S/C16H23FN2O2/c1-4-11-10-19(8-7-14(11)18-2)16(20)12-5-6-15(21-3)13(17)9-12/h5-6,9,11,14,18H,4,7-8,10H2,1-3H3. The molecular formula is C16H23FN2O2. The maximum absolute atomic E-state index is 13.7. The second-order valence-corrected chi connectivity index (χ2v) is 5.45. The van der Waals surface area contributed by atoms with Crippen molar-refractivity contribution in [2.24, 2.45) is 5.92 Å². The van der Waals surface area contributed by atoms with Crippen molar-refractivity contribution >= 4 is 5.91 Å². The number of likely N-dealkylation sites (tertiary alicyclic amines) is 1. The Kier molecular flexibility index (Phi) is 5.17. The highest BCUT2D eigenvalue weighted by Gasteiger charge is 2.30. The average molecular weight is 294 g/mol. The van der Waals surface area contributed by atoms with Crippen LogP contribution in [0.2, 0.25) is 0 Å². The van der Waals surface area contributed by atoms with Crippen LogP contribution in [0, 0.1) is 11.7 Å². The summed E-state index contributed by atoms with van der Waals surface area (Å²) in [6, 6.07) is 4.83. The molecule has 0 bridgehead atoms. The molecule has 0 spiro atoms. The second kappa shape index (κ2) is 6.89. The molecule has 116 valence electrons. The Morgan fingerprint density at radius 3 is 2.86 bits per heavy atom. The van der Waals surface area contributed by atoms with Crippen LogP contribution in [0.15, 0.2) is 18.2 Å². The molecule has 21 heavy (non-hydrogen) atoms. The van der Waals surface area contributed by atoms with Gasteiger partial charge < -0.3 is 15.0 Å². The molecule has 1 N–H and O–H groups in total. The average Bonchev–Trinajstić information content (AvgIpc) is 2.53. The van der Waals surface area contributed by atoms with Crippen LogP contribution in [0.4, 0.5) is 4.39 Å². The predicted molar refractivity (Wildman–Crippen MR) is 80.1 cm³/mol. The van der Waals surface area contributed by atoms with Crippen molar-refractivity contribution in [3.63, 3.8) is 0 Å². The van der Waals surface area contributed by atoms with Gasteiger partial charge in [0.25, 0.3) is 5.91 Å². The maximum atomic E-state index is 13.7. The van der Waals surface area contributed by atoms with Gasteiger partial charge in [-0.2, -0.15) is 0 Å². The summed E-state index contributed by atoms with van der Waals surface area (Å²) in [5.41, 5.74) is 0.381. The van der Waals surface area contributed by atoms with Gasteiger partial charge in [0, 0.05) is 24.7 Å². The van der Waals surface area contributed by atoms with Gasteiger partial charge in [-0.1, -0.05) is 13.3 Å². The van der Waals surface area contributed by atoms with E-state index < -0.39 is 5.82 Å². The molecular weight excluding hydrogens is 271 g/mol. The Balaban J connectivity index is 2.11. The van der Waals surface area contributed by atoms with E-state index in [1.165, 1.54) is 19.2 Å². The van der Waals surface area contributed by atoms with Gasteiger partial charge in [0.05, 0.1) is 7.11 Å². The van der Waals surface area contributed by atoms with Crippen molar-refractivity contribution in [1.29, 1.82) is 0 Å². The third kappa shape index (κ3) is 3.35. The molecule has 0 aromatic heterocycles. The molecule has 2 unspecified atom stereocenters. The first-order valence-corrected chi connectivity index (χ1v) is 7.40. The number of hydrogen-bond donors (Lipinski definition) is 1. The summed E-state index contributed by atoms with van der Waals surface area (Å²) in [6.45, 7) is 3.55. The van der Waals surface area contributed by atoms with Crippen LogP contribution in [0.25, 0.3) is 0 Å². The summed E-state index contributed by atoms with van der Waals surface area (Å²) in [4.78, 5) is 14.3. The highest BCUT2D eigenvalue weighted by Crippen LogP contribution is 2.23. The zero-order valence-electron chi connectivity index (χ0n) is 12.9. The number of halogens is 1. The lowest BCUT2D eigenvalue weighted by Crippen LogP contribution is -2.50. The number of rotatable bonds is 4. The molecule has 5 heteroatoms. The minimum atomic E-state index is -0.500. The van der Waals surface area contributed by atoms with E-state index in [9.17, 15) is 9.18 Å². The van der Waals surface area contributed by atoms with E-state index in [-0.39, 0.29) is 11.7 Å². The van der Waals surface area contributed by atoms with Crippen molar-refractivity contribution in [3.05, 3.63) is 29.6 Å². The van der Waals surface area contributed by atoms with Gasteiger partial charge in [-0.05, 0) is 37.6 Å². The van der Waals surface area contributed by atoms with Crippen molar-refractivity contribution in [2.75, 3.05) is 27.2 Å². The van der Waals surface area contributed by atoms with E-state index in [4.69, 9.17) is 4.74 Å². The Morgan fingerprint density at radius 1 is 1.52 bits per heavy atom. The Labute approximate surface area is 125 Å². The van der Waals surface area contributed by atoms with Crippen LogP contribution in [0.5, 0.6) is 5.75 Å². The Morgan fingerprint density at radius 2 is 2.29 bits per heavy atom. The Hall–Kier alpha value is -1.62. The van der Waals surface area contributed by atoms with Gasteiger partial charge in [-0.3, -0.25) is 4.79 Å². The normalized spacial score (nSPS) is 22.2. The number of hydrogen-bond acceptors (Lipinski definition) is 3. The van der Waals surface area contributed by atoms with E-state index in [1.54, 1.807) is 6.07 Å². The summed E-state index contributed by atoms with van der Waals surface area (Å²) in [7, 11) is 3.37. The molecule has 1 saturated heterocycles. The molecule has 0 radical (unpaired) electrons. The lowest BCUT2D eigenvalue weighted by Gasteiger charge is -2.38. The van der Waals surface area contributed by atoms with E-state index in [1.807, 2.05) is 11.9 Å². The number of ether oxygens (including phenoxy) is 1. The highest BCUT2D eigenvalue weighted by molar-refractivity contribution is 5.94.